The van der Waals surface area contributed by atoms with Gasteiger partial charge in [-0.1, -0.05) is 54.4 Å². The van der Waals surface area contributed by atoms with E-state index in [9.17, 15) is 18.0 Å². The number of amides is 2. The Morgan fingerprint density at radius 2 is 1.57 bits per heavy atom. The molecule has 3 rings (SSSR count). The van der Waals surface area contributed by atoms with Gasteiger partial charge in [0.2, 0.25) is 11.8 Å². The van der Waals surface area contributed by atoms with Crippen LogP contribution in [0.2, 0.25) is 0 Å². The SMILES string of the molecule is CCNC(=O)[C@@H](CC)N(Cc1cccc(C)c1)C(=O)CN(c1ccc(OCC)cc1)S(=O)(=O)c1ccc(C)cc1. The number of anilines is 1. The number of nitrogens with zero attached hydrogens (tertiary/aromatic N) is 2. The highest BCUT2D eigenvalue weighted by Crippen LogP contribution is 2.27. The van der Waals surface area contributed by atoms with Crippen molar-refractivity contribution in [2.45, 2.75) is 58.5 Å². The van der Waals surface area contributed by atoms with Crippen molar-refractivity contribution in [3.05, 3.63) is 89.5 Å². The number of rotatable bonds is 13. The molecule has 0 aliphatic heterocycles. The van der Waals surface area contributed by atoms with Crippen molar-refractivity contribution in [3.63, 3.8) is 0 Å². The summed E-state index contributed by atoms with van der Waals surface area (Å²) in [6.07, 6.45) is 0.372. The molecular weight excluding hydrogens is 526 g/mol. The average molecular weight is 566 g/mol. The maximum absolute atomic E-state index is 14.0. The molecule has 1 atom stereocenters. The smallest absolute Gasteiger partial charge is 0.264 e. The lowest BCUT2D eigenvalue weighted by atomic mass is 10.1. The first-order valence-corrected chi connectivity index (χ1v) is 15.0. The number of hydrogen-bond donors (Lipinski definition) is 1. The first-order chi connectivity index (χ1) is 19.1. The molecule has 0 saturated carbocycles. The van der Waals surface area contributed by atoms with Gasteiger partial charge in [0.25, 0.3) is 10.0 Å². The summed E-state index contributed by atoms with van der Waals surface area (Å²) in [6.45, 7) is 9.92. The van der Waals surface area contributed by atoms with E-state index < -0.39 is 28.5 Å². The summed E-state index contributed by atoms with van der Waals surface area (Å²) in [5.41, 5.74) is 3.11. The number of benzene rings is 3. The Kier molecular flexibility index (Phi) is 10.7. The monoisotopic (exact) mass is 565 g/mol. The fourth-order valence-corrected chi connectivity index (χ4v) is 5.87. The molecule has 3 aromatic carbocycles. The summed E-state index contributed by atoms with van der Waals surface area (Å²) in [7, 11) is -4.12. The number of carbonyl (C=O) groups is 2. The molecule has 3 aromatic rings. The maximum atomic E-state index is 14.0. The maximum Gasteiger partial charge on any atom is 0.264 e. The van der Waals surface area contributed by atoms with Gasteiger partial charge < -0.3 is 15.0 Å². The second-order valence-corrected chi connectivity index (χ2v) is 11.4. The van der Waals surface area contributed by atoms with E-state index in [0.717, 1.165) is 21.0 Å². The van der Waals surface area contributed by atoms with E-state index in [-0.39, 0.29) is 17.3 Å². The lowest BCUT2D eigenvalue weighted by Crippen LogP contribution is -2.52. The Labute approximate surface area is 238 Å². The summed E-state index contributed by atoms with van der Waals surface area (Å²) < 4.78 is 34.5. The van der Waals surface area contributed by atoms with Gasteiger partial charge in [0.05, 0.1) is 17.2 Å². The number of likely N-dealkylation sites (N-methyl/N-ethyl adjacent to an activating group) is 1. The van der Waals surface area contributed by atoms with E-state index in [1.807, 2.05) is 58.9 Å². The van der Waals surface area contributed by atoms with Crippen molar-refractivity contribution in [1.82, 2.24) is 10.2 Å². The average Bonchev–Trinajstić information content (AvgIpc) is 2.92. The van der Waals surface area contributed by atoms with Crippen LogP contribution < -0.4 is 14.4 Å². The third-order valence-electron chi connectivity index (χ3n) is 6.50. The van der Waals surface area contributed by atoms with E-state index in [1.165, 1.54) is 17.0 Å². The first-order valence-electron chi connectivity index (χ1n) is 13.6. The largest absolute Gasteiger partial charge is 0.494 e. The van der Waals surface area contributed by atoms with Crippen LogP contribution in [0.3, 0.4) is 0 Å². The van der Waals surface area contributed by atoms with Gasteiger partial charge in [-0.25, -0.2) is 8.42 Å². The van der Waals surface area contributed by atoms with Crippen LogP contribution in [-0.2, 0) is 26.2 Å². The minimum atomic E-state index is -4.12. The van der Waals surface area contributed by atoms with Crippen LogP contribution in [0.5, 0.6) is 5.75 Å². The molecule has 214 valence electrons. The number of ether oxygens (including phenoxy) is 1. The molecule has 0 spiro atoms. The molecule has 0 aromatic heterocycles. The predicted molar refractivity (Wildman–Crippen MR) is 158 cm³/mol. The second-order valence-electron chi connectivity index (χ2n) is 9.58. The van der Waals surface area contributed by atoms with Crippen LogP contribution in [0.4, 0.5) is 5.69 Å². The third kappa shape index (κ3) is 7.63. The zero-order valence-corrected chi connectivity index (χ0v) is 24.7. The Balaban J connectivity index is 2.06. The van der Waals surface area contributed by atoms with Crippen LogP contribution >= 0.6 is 0 Å². The lowest BCUT2D eigenvalue weighted by Gasteiger charge is -2.33. The van der Waals surface area contributed by atoms with Crippen molar-refractivity contribution >= 4 is 27.5 Å². The first kappa shape index (κ1) is 30.7. The molecule has 0 fully saturated rings. The normalized spacial score (nSPS) is 11.9. The molecule has 9 heteroatoms. The van der Waals surface area contributed by atoms with Gasteiger partial charge in [0, 0.05) is 13.1 Å². The molecule has 1 N–H and O–H groups in total. The van der Waals surface area contributed by atoms with Crippen LogP contribution in [0.25, 0.3) is 0 Å². The topological polar surface area (TPSA) is 96.0 Å². The zero-order valence-electron chi connectivity index (χ0n) is 23.9. The molecule has 2 amide bonds. The molecule has 0 bridgehead atoms. The number of carbonyl (C=O) groups excluding carboxylic acids is 2. The number of nitrogens with one attached hydrogen (secondary N) is 1. The van der Waals surface area contributed by atoms with Crippen LogP contribution in [0, 0.1) is 13.8 Å². The standard InChI is InChI=1S/C31H39N3O5S/c1-6-29(31(36)32-7-2)33(21-25-11-9-10-24(5)20-25)30(35)22-34(26-14-16-27(17-15-26)39-8-3)40(37,38)28-18-12-23(4)13-19-28/h9-20,29H,6-8,21-22H2,1-5H3,(H,32,36)/t29-/m1/s1. The number of hydrogen-bond acceptors (Lipinski definition) is 5. The van der Waals surface area contributed by atoms with E-state index in [2.05, 4.69) is 5.32 Å². The third-order valence-corrected chi connectivity index (χ3v) is 8.28. The van der Waals surface area contributed by atoms with Gasteiger partial charge in [-0.15, -0.1) is 0 Å². The Morgan fingerprint density at radius 3 is 2.15 bits per heavy atom. The Hall–Kier alpha value is -3.85. The van der Waals surface area contributed by atoms with Gasteiger partial charge in [-0.2, -0.15) is 0 Å². The minimum absolute atomic E-state index is 0.0702. The van der Waals surface area contributed by atoms with Gasteiger partial charge in [0.15, 0.2) is 0 Å². The van der Waals surface area contributed by atoms with Crippen molar-refractivity contribution in [2.75, 3.05) is 24.0 Å². The highest BCUT2D eigenvalue weighted by molar-refractivity contribution is 7.92. The van der Waals surface area contributed by atoms with E-state index >= 15 is 0 Å². The van der Waals surface area contributed by atoms with Crippen LogP contribution in [-0.4, -0.2) is 50.9 Å². The Morgan fingerprint density at radius 1 is 0.900 bits per heavy atom. The van der Waals surface area contributed by atoms with Gasteiger partial charge in [0.1, 0.15) is 18.3 Å². The Bertz CT molecular complexity index is 1390. The van der Waals surface area contributed by atoms with Crippen molar-refractivity contribution < 1.29 is 22.7 Å². The molecule has 0 heterocycles. The molecule has 0 radical (unpaired) electrons. The quantitative estimate of drug-likeness (QED) is 0.320. The number of sulfonamides is 1. The summed E-state index contributed by atoms with van der Waals surface area (Å²) in [4.78, 5) is 28.6. The number of aryl methyl sites for hydroxylation is 2. The van der Waals surface area contributed by atoms with Crippen molar-refractivity contribution in [3.8, 4) is 5.75 Å². The summed E-state index contributed by atoms with van der Waals surface area (Å²) in [5.74, 6) is -0.169. The minimum Gasteiger partial charge on any atom is -0.494 e. The van der Waals surface area contributed by atoms with Crippen LogP contribution in [0.15, 0.2) is 77.7 Å². The summed E-state index contributed by atoms with van der Waals surface area (Å²) in [6, 6.07) is 20.0. The fourth-order valence-electron chi connectivity index (χ4n) is 4.46. The molecule has 8 nitrogen and oxygen atoms in total. The molecule has 0 unspecified atom stereocenters. The molecular formula is C31H39N3O5S. The van der Waals surface area contributed by atoms with Gasteiger partial charge in [-0.05, 0) is 76.1 Å². The van der Waals surface area contributed by atoms with Crippen molar-refractivity contribution in [2.24, 2.45) is 0 Å². The van der Waals surface area contributed by atoms with E-state index in [4.69, 9.17) is 4.74 Å². The van der Waals surface area contributed by atoms with Crippen LogP contribution in [0.1, 0.15) is 43.9 Å². The van der Waals surface area contributed by atoms with E-state index in [0.29, 0.717) is 31.0 Å². The highest BCUT2D eigenvalue weighted by atomic mass is 32.2. The second kappa shape index (κ2) is 14.0. The predicted octanol–water partition coefficient (Wildman–Crippen LogP) is 4.84. The summed E-state index contributed by atoms with van der Waals surface area (Å²) in [5, 5.41) is 2.82. The molecule has 40 heavy (non-hydrogen) atoms. The van der Waals surface area contributed by atoms with E-state index in [1.54, 1.807) is 36.4 Å². The van der Waals surface area contributed by atoms with Gasteiger partial charge in [-0.3, -0.25) is 13.9 Å². The fraction of sp³-hybridized carbons (Fsp3) is 0.355. The lowest BCUT2D eigenvalue weighted by molar-refractivity contribution is -0.140. The molecule has 0 aliphatic rings. The molecule has 0 aliphatic carbocycles. The summed E-state index contributed by atoms with van der Waals surface area (Å²) >= 11 is 0. The highest BCUT2D eigenvalue weighted by Gasteiger charge is 2.33. The molecule has 0 saturated heterocycles. The van der Waals surface area contributed by atoms with Crippen molar-refractivity contribution in [1.29, 1.82) is 0 Å². The zero-order chi connectivity index (χ0) is 29.3. The van der Waals surface area contributed by atoms with Gasteiger partial charge >= 0.3 is 0 Å².